The number of amides is 4. The molecule has 2 aliphatic rings. The van der Waals surface area contributed by atoms with Crippen LogP contribution in [0.25, 0.3) is 0 Å². The van der Waals surface area contributed by atoms with E-state index in [0.29, 0.717) is 57.6 Å². The van der Waals surface area contributed by atoms with E-state index in [-0.39, 0.29) is 101 Å². The van der Waals surface area contributed by atoms with Crippen LogP contribution in [0.1, 0.15) is 45.2 Å². The molecule has 0 unspecified atom stereocenters. The van der Waals surface area contributed by atoms with Gasteiger partial charge in [0.1, 0.15) is 0 Å². The van der Waals surface area contributed by atoms with Gasteiger partial charge in [-0.3, -0.25) is 0 Å². The molecule has 5 aromatic carbocycles. The van der Waals surface area contributed by atoms with Gasteiger partial charge in [0.15, 0.2) is 0 Å². The molecule has 2 atom stereocenters. The maximum Gasteiger partial charge on any atom is 0.319 e. The first kappa shape index (κ1) is 58.1. The molecule has 18 nitrogen and oxygen atoms in total. The number of nitrogens with zero attached hydrogens (tertiary/aromatic N) is 1. The number of likely N-dealkylation sites (N-methyl/N-ethyl adjacent to an activating group) is 1. The standard InChI is InChI=1S/C51H60Cl4N8O10S2/c1-63-32-46(43-27-37(53)29-49(55)47(43)33-63)35-5-3-7-41(25-35)75(68,69)60-15-19-73-23-21-71-17-13-58-51(65)62-39-10-8-38(9-11-39)61-50(64)57-12-16-70-20-22-72-18-14-59-74(66,67)40-6-2-4-34(24-40)44-30-56-31-45-42(44)26-36(52)28-48(45)54/h2-11,24-29,44,46,56,59-60H,12-23,30-33H2,1H3,(H2,57,61,64)(H2,58,62,65)/t44-,46-/m0/s1. The van der Waals surface area contributed by atoms with Crippen molar-refractivity contribution in [3.05, 3.63) is 151 Å². The first-order valence-electron chi connectivity index (χ1n) is 24.1. The Morgan fingerprint density at radius 1 is 0.573 bits per heavy atom. The van der Waals surface area contributed by atoms with E-state index in [0.717, 1.165) is 33.4 Å². The molecule has 2 aliphatic heterocycles. The zero-order valence-corrected chi connectivity index (χ0v) is 45.7. The lowest BCUT2D eigenvalue weighted by atomic mass is 9.85. The van der Waals surface area contributed by atoms with Crippen molar-refractivity contribution in [1.29, 1.82) is 0 Å². The molecule has 0 saturated heterocycles. The van der Waals surface area contributed by atoms with Gasteiger partial charge in [0.05, 0.1) is 62.6 Å². The highest BCUT2D eigenvalue weighted by Gasteiger charge is 2.29. The Morgan fingerprint density at radius 3 is 1.51 bits per heavy atom. The molecule has 404 valence electrons. The molecule has 4 amide bonds. The summed E-state index contributed by atoms with van der Waals surface area (Å²) >= 11 is 25.6. The van der Waals surface area contributed by atoms with Crippen LogP contribution in [-0.4, -0.2) is 133 Å². The number of nitrogens with one attached hydrogen (secondary N) is 7. The number of hydrogen-bond acceptors (Lipinski definition) is 12. The Labute approximate surface area is 457 Å². The smallest absolute Gasteiger partial charge is 0.319 e. The molecule has 7 rings (SSSR count). The van der Waals surface area contributed by atoms with Gasteiger partial charge < -0.3 is 50.4 Å². The number of fused-ring (bicyclic) bond motifs is 2. The van der Waals surface area contributed by atoms with Crippen LogP contribution in [-0.2, 0) is 52.1 Å². The van der Waals surface area contributed by atoms with Crippen molar-refractivity contribution < 1.29 is 45.4 Å². The van der Waals surface area contributed by atoms with Gasteiger partial charge in [0, 0.05) is 95.7 Å². The van der Waals surface area contributed by atoms with Gasteiger partial charge in [0.2, 0.25) is 20.0 Å². The molecule has 75 heavy (non-hydrogen) atoms. The number of rotatable bonds is 26. The number of urea groups is 2. The number of halogens is 4. The number of sulfonamides is 2. The number of ether oxygens (including phenoxy) is 4. The van der Waals surface area contributed by atoms with E-state index in [9.17, 15) is 26.4 Å². The van der Waals surface area contributed by atoms with Gasteiger partial charge in [-0.2, -0.15) is 0 Å². The Kier molecular flexibility index (Phi) is 21.8. The van der Waals surface area contributed by atoms with E-state index in [1.807, 2.05) is 31.3 Å². The Hall–Kier alpha value is -4.62. The number of benzene rings is 5. The maximum absolute atomic E-state index is 13.2. The molecule has 0 bridgehead atoms. The quantitative estimate of drug-likeness (QED) is 0.0269. The third-order valence-electron chi connectivity index (χ3n) is 12.1. The van der Waals surface area contributed by atoms with Crippen LogP contribution >= 0.6 is 46.4 Å². The van der Waals surface area contributed by atoms with E-state index in [1.165, 1.54) is 0 Å². The Bertz CT molecular complexity index is 2980. The predicted molar refractivity (Wildman–Crippen MR) is 292 cm³/mol. The second-order valence-corrected chi connectivity index (χ2v) is 22.8. The van der Waals surface area contributed by atoms with E-state index in [4.69, 9.17) is 65.4 Å². The third kappa shape index (κ3) is 17.2. The van der Waals surface area contributed by atoms with Gasteiger partial charge >= 0.3 is 12.1 Å². The lowest BCUT2D eigenvalue weighted by molar-refractivity contribution is 0.0517. The largest absolute Gasteiger partial charge is 0.378 e. The summed E-state index contributed by atoms with van der Waals surface area (Å²) in [6, 6.07) is 26.6. The van der Waals surface area contributed by atoms with Crippen LogP contribution in [0.4, 0.5) is 21.0 Å². The van der Waals surface area contributed by atoms with E-state index < -0.39 is 32.1 Å². The lowest BCUT2D eigenvalue weighted by Gasteiger charge is -2.33. The maximum atomic E-state index is 13.2. The van der Waals surface area contributed by atoms with E-state index in [1.54, 1.807) is 72.8 Å². The molecule has 2 heterocycles. The summed E-state index contributed by atoms with van der Waals surface area (Å²) in [5.74, 6) is -0.218. The van der Waals surface area contributed by atoms with Gasteiger partial charge in [-0.1, -0.05) is 70.7 Å². The summed E-state index contributed by atoms with van der Waals surface area (Å²) in [6.07, 6.45) is 0. The van der Waals surface area contributed by atoms with Crippen LogP contribution in [0.5, 0.6) is 0 Å². The molecule has 0 aromatic heterocycles. The molecule has 7 N–H and O–H groups in total. The lowest BCUT2D eigenvalue weighted by Crippen LogP contribution is -2.32. The van der Waals surface area contributed by atoms with Crippen molar-refractivity contribution in [2.24, 2.45) is 0 Å². The minimum absolute atomic E-state index is 0.0645. The number of carbonyl (C=O) groups is 2. The van der Waals surface area contributed by atoms with Crippen LogP contribution in [0, 0.1) is 0 Å². The third-order valence-corrected chi connectivity index (χ3v) is 16.2. The van der Waals surface area contributed by atoms with Gasteiger partial charge in [-0.05, 0) is 113 Å². The van der Waals surface area contributed by atoms with Crippen molar-refractivity contribution in [3.63, 3.8) is 0 Å². The van der Waals surface area contributed by atoms with Crippen LogP contribution in [0.3, 0.4) is 0 Å². The second-order valence-electron chi connectivity index (χ2n) is 17.6. The Morgan fingerprint density at radius 2 is 1.01 bits per heavy atom. The molecule has 0 radical (unpaired) electrons. The normalized spacial score (nSPS) is 15.7. The fourth-order valence-corrected chi connectivity index (χ4v) is 11.8. The number of carbonyl (C=O) groups excluding carboxylic acids is 2. The summed E-state index contributed by atoms with van der Waals surface area (Å²) in [5.41, 5.74) is 6.58. The molecule has 0 saturated carbocycles. The highest BCUT2D eigenvalue weighted by atomic mass is 35.5. The topological polar surface area (TPSA) is 227 Å². The van der Waals surface area contributed by atoms with Crippen molar-refractivity contribution >= 4 is 89.9 Å². The van der Waals surface area contributed by atoms with E-state index in [2.05, 4.69) is 40.9 Å². The molecule has 24 heteroatoms. The van der Waals surface area contributed by atoms with Gasteiger partial charge in [-0.25, -0.2) is 35.9 Å². The van der Waals surface area contributed by atoms with Gasteiger partial charge in [0.25, 0.3) is 0 Å². The zero-order chi connectivity index (χ0) is 53.4. The van der Waals surface area contributed by atoms with Crippen LogP contribution < -0.4 is 36.0 Å². The Balaban J connectivity index is 0.678. The summed E-state index contributed by atoms with van der Waals surface area (Å²) in [6.45, 7) is 4.83. The summed E-state index contributed by atoms with van der Waals surface area (Å²) in [5, 5.41) is 16.4. The number of anilines is 2. The zero-order valence-electron chi connectivity index (χ0n) is 41.1. The minimum Gasteiger partial charge on any atom is -0.378 e. The van der Waals surface area contributed by atoms with E-state index >= 15 is 0 Å². The molecular weight excluding hydrogens is 1090 g/mol. The van der Waals surface area contributed by atoms with Crippen LogP contribution in [0.15, 0.2) is 107 Å². The monoisotopic (exact) mass is 1150 g/mol. The van der Waals surface area contributed by atoms with Crippen molar-refractivity contribution in [1.82, 2.24) is 30.3 Å². The first-order chi connectivity index (χ1) is 36.1. The second kappa shape index (κ2) is 28.1. The summed E-state index contributed by atoms with van der Waals surface area (Å²) < 4.78 is 79.8. The van der Waals surface area contributed by atoms with Gasteiger partial charge in [-0.15, -0.1) is 0 Å². The van der Waals surface area contributed by atoms with Crippen LogP contribution in [0.2, 0.25) is 20.1 Å². The first-order valence-corrected chi connectivity index (χ1v) is 28.6. The highest BCUT2D eigenvalue weighted by Crippen LogP contribution is 2.39. The fourth-order valence-electron chi connectivity index (χ4n) is 8.57. The molecule has 0 aliphatic carbocycles. The highest BCUT2D eigenvalue weighted by molar-refractivity contribution is 7.89. The average Bonchev–Trinajstić information content (AvgIpc) is 3.38. The molecule has 0 spiro atoms. The fraction of sp³-hybridized carbons (Fsp3) is 0.373. The summed E-state index contributed by atoms with van der Waals surface area (Å²) in [4.78, 5) is 27.2. The predicted octanol–water partition coefficient (Wildman–Crippen LogP) is 7.38. The SMILES string of the molecule is CN1Cc2c(Cl)cc(Cl)cc2[C@H](c2cccc(S(=O)(=O)NCCOCCOCCNC(=O)Nc3ccc(NC(=O)NCCOCCOCCNS(=O)(=O)c4cccc([C@@H]5CNCc6c(Cl)cc(Cl)cc65)c4)cc3)c2)C1. The van der Waals surface area contributed by atoms with Crippen molar-refractivity contribution in [2.75, 3.05) is 110 Å². The average molecular weight is 1150 g/mol. The minimum atomic E-state index is -3.81. The van der Waals surface area contributed by atoms with Crippen molar-refractivity contribution in [3.8, 4) is 0 Å². The number of hydrogen-bond donors (Lipinski definition) is 7. The molecular formula is C51H60Cl4N8O10S2. The molecule has 0 fully saturated rings. The summed E-state index contributed by atoms with van der Waals surface area (Å²) in [7, 11) is -5.61. The van der Waals surface area contributed by atoms with Crippen molar-refractivity contribution in [2.45, 2.75) is 34.7 Å². The molecule has 5 aromatic rings.